The molecule has 0 radical (unpaired) electrons. The highest BCUT2D eigenvalue weighted by molar-refractivity contribution is 5.92. The van der Waals surface area contributed by atoms with Gasteiger partial charge in [-0.15, -0.1) is 0 Å². The number of pyridine rings is 1. The number of nitrogens with zero attached hydrogens (tertiary/aromatic N) is 3. The van der Waals surface area contributed by atoms with E-state index >= 15 is 0 Å². The summed E-state index contributed by atoms with van der Waals surface area (Å²) in [7, 11) is 0. The maximum absolute atomic E-state index is 13.8. The molecule has 0 unspecified atom stereocenters. The molecule has 1 atom stereocenters. The minimum absolute atomic E-state index is 0.0692. The average molecular weight is 458 g/mol. The molecule has 33 heavy (non-hydrogen) atoms. The Labute approximate surface area is 188 Å². The Kier molecular flexibility index (Phi) is 5.19. The fraction of sp³-hybridized carbons (Fsp3) is 0.458. The molecule has 2 aromatic heterocycles. The lowest BCUT2D eigenvalue weighted by Gasteiger charge is -2.29. The largest absolute Gasteiger partial charge is 0.433 e. The predicted molar refractivity (Wildman–Crippen MR) is 117 cm³/mol. The molecule has 9 heteroatoms. The fourth-order valence-electron chi connectivity index (χ4n) is 4.43. The number of amides is 1. The van der Waals surface area contributed by atoms with Gasteiger partial charge in [0.25, 0.3) is 0 Å². The molecule has 0 spiro atoms. The predicted octanol–water partition coefficient (Wildman–Crippen LogP) is 5.29. The molecule has 2 fully saturated rings. The molecular weight excluding hydrogens is 433 g/mol. The van der Waals surface area contributed by atoms with Crippen molar-refractivity contribution in [1.82, 2.24) is 14.5 Å². The summed E-state index contributed by atoms with van der Waals surface area (Å²) in [6.07, 6.45) is -0.854. The smallest absolute Gasteiger partial charge is 0.385 e. The second kappa shape index (κ2) is 7.83. The van der Waals surface area contributed by atoms with Gasteiger partial charge in [0.15, 0.2) is 11.3 Å². The molecule has 174 valence electrons. The van der Waals surface area contributed by atoms with Gasteiger partial charge < -0.3 is 5.11 Å². The van der Waals surface area contributed by atoms with Gasteiger partial charge in [0, 0.05) is 6.04 Å². The second-order valence-electron chi connectivity index (χ2n) is 9.30. The van der Waals surface area contributed by atoms with Crippen LogP contribution in [0.3, 0.4) is 0 Å². The van der Waals surface area contributed by atoms with E-state index in [9.17, 15) is 23.1 Å². The van der Waals surface area contributed by atoms with Gasteiger partial charge in [0.2, 0.25) is 11.9 Å². The van der Waals surface area contributed by atoms with Crippen LogP contribution in [0.2, 0.25) is 0 Å². The molecular formula is C24H25F3N4O2. The van der Waals surface area contributed by atoms with Gasteiger partial charge in [0.1, 0.15) is 5.52 Å². The Balaban J connectivity index is 1.50. The van der Waals surface area contributed by atoms with E-state index in [2.05, 4.69) is 15.3 Å². The van der Waals surface area contributed by atoms with Gasteiger partial charge in [-0.3, -0.25) is 14.7 Å². The zero-order chi connectivity index (χ0) is 23.4. The highest BCUT2D eigenvalue weighted by Gasteiger charge is 2.41. The van der Waals surface area contributed by atoms with Crippen LogP contribution < -0.4 is 5.32 Å². The van der Waals surface area contributed by atoms with Crippen molar-refractivity contribution in [3.8, 4) is 0 Å². The monoisotopic (exact) mass is 458 g/mol. The van der Waals surface area contributed by atoms with Gasteiger partial charge in [-0.2, -0.15) is 13.2 Å². The molecule has 6 nitrogen and oxygen atoms in total. The fourth-order valence-corrected chi connectivity index (χ4v) is 4.43. The van der Waals surface area contributed by atoms with Crippen LogP contribution in [0.1, 0.15) is 74.2 Å². The first-order chi connectivity index (χ1) is 15.6. The second-order valence-corrected chi connectivity index (χ2v) is 9.30. The first kappa shape index (κ1) is 21.9. The lowest BCUT2D eigenvalue weighted by atomic mass is 9.92. The first-order valence-corrected chi connectivity index (χ1v) is 11.2. The van der Waals surface area contributed by atoms with E-state index in [4.69, 9.17) is 0 Å². The maximum atomic E-state index is 13.8. The minimum Gasteiger partial charge on any atom is -0.385 e. The van der Waals surface area contributed by atoms with E-state index in [-0.39, 0.29) is 35.5 Å². The van der Waals surface area contributed by atoms with E-state index in [1.54, 1.807) is 35.8 Å². The van der Waals surface area contributed by atoms with Crippen LogP contribution in [0.4, 0.5) is 19.1 Å². The maximum Gasteiger partial charge on any atom is 0.433 e. The number of anilines is 1. The molecule has 2 aliphatic carbocycles. The number of hydrogen-bond acceptors (Lipinski definition) is 4. The Morgan fingerprint density at radius 3 is 2.42 bits per heavy atom. The van der Waals surface area contributed by atoms with Crippen molar-refractivity contribution >= 4 is 23.0 Å². The van der Waals surface area contributed by atoms with Crippen LogP contribution in [0, 0.1) is 0 Å². The van der Waals surface area contributed by atoms with Crippen LogP contribution in [-0.2, 0) is 16.6 Å². The summed E-state index contributed by atoms with van der Waals surface area (Å²) in [5, 5.41) is 13.5. The van der Waals surface area contributed by atoms with Crippen molar-refractivity contribution in [1.29, 1.82) is 0 Å². The van der Waals surface area contributed by atoms with Gasteiger partial charge in [0.05, 0.1) is 12.0 Å². The number of imidazole rings is 1. The SMILES string of the molecule is C[C@](O)(CC(=O)Nc1nc2cc(C3CC3)c(C(F)(F)F)nc2n1C1CCC1)c1ccccc1. The van der Waals surface area contributed by atoms with E-state index in [1.807, 2.05) is 6.07 Å². The molecule has 1 aromatic carbocycles. The lowest BCUT2D eigenvalue weighted by Crippen LogP contribution is -2.30. The number of rotatable bonds is 6. The number of benzene rings is 1. The van der Waals surface area contributed by atoms with Crippen molar-refractivity contribution in [2.24, 2.45) is 0 Å². The van der Waals surface area contributed by atoms with Gasteiger partial charge in [-0.05, 0) is 62.1 Å². The van der Waals surface area contributed by atoms with Crippen molar-refractivity contribution in [2.45, 2.75) is 69.2 Å². The topological polar surface area (TPSA) is 80.0 Å². The number of fused-ring (bicyclic) bond motifs is 1. The molecule has 0 aliphatic heterocycles. The van der Waals surface area contributed by atoms with Crippen LogP contribution in [0.5, 0.6) is 0 Å². The summed E-state index contributed by atoms with van der Waals surface area (Å²) in [4.78, 5) is 21.4. The Morgan fingerprint density at radius 1 is 1.15 bits per heavy atom. The lowest BCUT2D eigenvalue weighted by molar-refractivity contribution is -0.141. The van der Waals surface area contributed by atoms with Crippen LogP contribution in [0.25, 0.3) is 11.2 Å². The highest BCUT2D eigenvalue weighted by atomic mass is 19.4. The van der Waals surface area contributed by atoms with Gasteiger partial charge in [-0.1, -0.05) is 30.3 Å². The molecule has 2 saturated carbocycles. The summed E-state index contributed by atoms with van der Waals surface area (Å²) < 4.78 is 42.9. The van der Waals surface area contributed by atoms with Gasteiger partial charge in [-0.25, -0.2) is 9.97 Å². The van der Waals surface area contributed by atoms with E-state index in [0.29, 0.717) is 23.9 Å². The average Bonchev–Trinajstić information content (AvgIpc) is 3.50. The third kappa shape index (κ3) is 4.21. The molecule has 0 bridgehead atoms. The first-order valence-electron chi connectivity index (χ1n) is 11.2. The van der Waals surface area contributed by atoms with Gasteiger partial charge >= 0.3 is 6.18 Å². The third-order valence-electron chi connectivity index (χ3n) is 6.57. The molecule has 2 N–H and O–H groups in total. The number of alkyl halides is 3. The Hall–Kier alpha value is -2.94. The van der Waals surface area contributed by atoms with Crippen LogP contribution in [0.15, 0.2) is 36.4 Å². The summed E-state index contributed by atoms with van der Waals surface area (Å²) in [6.45, 7) is 1.55. The molecule has 1 amide bonds. The van der Waals surface area contributed by atoms with E-state index < -0.39 is 23.4 Å². The van der Waals surface area contributed by atoms with Crippen LogP contribution >= 0.6 is 0 Å². The normalized spacial score (nSPS) is 18.7. The third-order valence-corrected chi connectivity index (χ3v) is 6.57. The molecule has 2 aliphatic rings. The minimum atomic E-state index is -4.56. The number of carbonyl (C=O) groups excluding carboxylic acids is 1. The number of hydrogen-bond donors (Lipinski definition) is 2. The van der Waals surface area contributed by atoms with E-state index in [0.717, 1.165) is 19.3 Å². The number of aliphatic hydroxyl groups is 1. The number of aromatic nitrogens is 3. The summed E-state index contributed by atoms with van der Waals surface area (Å²) in [6, 6.07) is 10.3. The molecule has 5 rings (SSSR count). The van der Waals surface area contributed by atoms with Crippen molar-refractivity contribution in [2.75, 3.05) is 5.32 Å². The Bertz CT molecular complexity index is 1200. The summed E-state index contributed by atoms with van der Waals surface area (Å²) in [5.74, 6) is -0.443. The quantitative estimate of drug-likeness (QED) is 0.526. The van der Waals surface area contributed by atoms with Crippen molar-refractivity contribution in [3.05, 3.63) is 53.2 Å². The Morgan fingerprint density at radius 2 is 1.85 bits per heavy atom. The number of carbonyl (C=O) groups is 1. The molecule has 2 heterocycles. The highest BCUT2D eigenvalue weighted by Crippen LogP contribution is 2.47. The number of nitrogens with one attached hydrogen (secondary N) is 1. The molecule has 3 aromatic rings. The van der Waals surface area contributed by atoms with E-state index in [1.165, 1.54) is 6.07 Å². The van der Waals surface area contributed by atoms with Crippen molar-refractivity contribution in [3.63, 3.8) is 0 Å². The zero-order valence-electron chi connectivity index (χ0n) is 18.2. The zero-order valence-corrected chi connectivity index (χ0v) is 18.2. The molecule has 0 saturated heterocycles. The number of halogens is 3. The standard InChI is InChI=1S/C24H25F3N4O2/c1-23(33,15-6-3-2-4-7-15)13-19(32)29-22-28-18-12-17(14-10-11-14)20(24(25,26)27)30-21(18)31(22)16-8-5-9-16/h2-4,6-7,12,14,16,33H,5,8-11,13H2,1H3,(H,28,29,32)/t23-/m0/s1. The summed E-state index contributed by atoms with van der Waals surface area (Å²) in [5.41, 5.74) is -0.998. The van der Waals surface area contributed by atoms with Crippen LogP contribution in [-0.4, -0.2) is 25.5 Å². The summed E-state index contributed by atoms with van der Waals surface area (Å²) >= 11 is 0. The van der Waals surface area contributed by atoms with Crippen molar-refractivity contribution < 1.29 is 23.1 Å².